The van der Waals surface area contributed by atoms with Gasteiger partial charge in [0.2, 0.25) is 5.95 Å². The van der Waals surface area contributed by atoms with Gasteiger partial charge in [-0.1, -0.05) is 36.6 Å². The molecular formula is C24H23ClN6O. The molecule has 7 nitrogen and oxygen atoms in total. The Morgan fingerprint density at radius 1 is 1.09 bits per heavy atom. The van der Waals surface area contributed by atoms with Gasteiger partial charge in [0.05, 0.1) is 17.6 Å². The maximum atomic E-state index is 12.8. The Morgan fingerprint density at radius 2 is 1.94 bits per heavy atom. The lowest BCUT2D eigenvalue weighted by molar-refractivity contribution is 0.578. The lowest BCUT2D eigenvalue weighted by atomic mass is 10.0. The highest BCUT2D eigenvalue weighted by Gasteiger charge is 2.16. The first-order valence-corrected chi connectivity index (χ1v) is 11.2. The number of halogens is 1. The number of nitrogens with zero attached hydrogens (tertiary/aromatic N) is 4. The van der Waals surface area contributed by atoms with Gasteiger partial charge in [-0.25, -0.2) is 9.97 Å². The van der Waals surface area contributed by atoms with Crippen LogP contribution in [0.5, 0.6) is 0 Å². The van der Waals surface area contributed by atoms with Gasteiger partial charge in [0.15, 0.2) is 0 Å². The summed E-state index contributed by atoms with van der Waals surface area (Å²) < 4.78 is 0. The average molecular weight is 447 g/mol. The van der Waals surface area contributed by atoms with Crippen LogP contribution in [0.1, 0.15) is 31.4 Å². The molecule has 0 saturated heterocycles. The van der Waals surface area contributed by atoms with Gasteiger partial charge in [-0.15, -0.1) is 0 Å². The minimum atomic E-state index is -0.247. The predicted molar refractivity (Wildman–Crippen MR) is 127 cm³/mol. The fraction of sp³-hybridized carbons (Fsp3) is 0.292. The van der Waals surface area contributed by atoms with Crippen molar-refractivity contribution in [2.24, 2.45) is 5.92 Å². The molecule has 1 fully saturated rings. The largest absolute Gasteiger partial charge is 0.354 e. The Balaban J connectivity index is 1.44. The molecule has 0 bridgehead atoms. The molecule has 4 aromatic rings. The Hall–Kier alpha value is -3.32. The highest BCUT2D eigenvalue weighted by Crippen LogP contribution is 2.31. The second kappa shape index (κ2) is 8.67. The van der Waals surface area contributed by atoms with E-state index in [9.17, 15) is 4.79 Å². The lowest BCUT2D eigenvalue weighted by Gasteiger charge is -2.11. The zero-order valence-electron chi connectivity index (χ0n) is 17.7. The van der Waals surface area contributed by atoms with Crippen molar-refractivity contribution in [2.45, 2.75) is 32.6 Å². The molecular weight excluding hydrogens is 424 g/mol. The zero-order chi connectivity index (χ0) is 22.1. The van der Waals surface area contributed by atoms with Crippen molar-refractivity contribution in [3.05, 3.63) is 63.9 Å². The summed E-state index contributed by atoms with van der Waals surface area (Å²) >= 11 is 6.56. The average Bonchev–Trinajstić information content (AvgIpc) is 3.31. The van der Waals surface area contributed by atoms with Crippen LogP contribution in [0, 0.1) is 12.8 Å². The van der Waals surface area contributed by atoms with Crippen LogP contribution >= 0.6 is 11.6 Å². The first-order chi connectivity index (χ1) is 15.6. The molecule has 5 rings (SSSR count). The smallest absolute Gasteiger partial charge is 0.257 e. The van der Waals surface area contributed by atoms with Crippen molar-refractivity contribution in [2.75, 3.05) is 11.9 Å². The summed E-state index contributed by atoms with van der Waals surface area (Å²) in [6, 6.07) is 7.30. The van der Waals surface area contributed by atoms with Gasteiger partial charge < -0.3 is 10.3 Å². The third kappa shape index (κ3) is 4.21. The molecule has 2 N–H and O–H groups in total. The van der Waals surface area contributed by atoms with E-state index in [-0.39, 0.29) is 5.56 Å². The SMILES string of the molecule is Cc1cncc(-c2ccc(-c3cc4cnc(NCC5CCCC5)nc4[nH]c3=O)c(Cl)c2)n1. The molecule has 0 spiro atoms. The molecule has 1 aromatic carbocycles. The number of aromatic amines is 1. The molecule has 0 radical (unpaired) electrons. The minimum Gasteiger partial charge on any atom is -0.354 e. The van der Waals surface area contributed by atoms with E-state index in [0.29, 0.717) is 33.7 Å². The summed E-state index contributed by atoms with van der Waals surface area (Å²) in [5.41, 5.74) is 3.77. The van der Waals surface area contributed by atoms with Crippen LogP contribution in [-0.4, -0.2) is 31.5 Å². The Bertz CT molecular complexity index is 1350. The zero-order valence-corrected chi connectivity index (χ0v) is 18.5. The van der Waals surface area contributed by atoms with Gasteiger partial charge in [-0.05, 0) is 37.8 Å². The fourth-order valence-electron chi connectivity index (χ4n) is 4.22. The standard InChI is InChI=1S/C24H23ClN6O/c1-14-10-26-13-21(29-14)16-6-7-18(20(25)9-16)19-8-17-12-28-24(31-22(17)30-23(19)32)27-11-15-4-2-3-5-15/h6-10,12-13,15H,2-5,11H2,1H3,(H2,27,28,30,31,32). The van der Waals surface area contributed by atoms with E-state index < -0.39 is 0 Å². The van der Waals surface area contributed by atoms with Gasteiger partial charge >= 0.3 is 0 Å². The second-order valence-corrected chi connectivity index (χ2v) is 8.69. The van der Waals surface area contributed by atoms with Crippen LogP contribution in [0.2, 0.25) is 5.02 Å². The molecule has 0 unspecified atom stereocenters. The summed E-state index contributed by atoms with van der Waals surface area (Å²) in [6.45, 7) is 2.75. The third-order valence-electron chi connectivity index (χ3n) is 5.93. The van der Waals surface area contributed by atoms with Crippen LogP contribution < -0.4 is 10.9 Å². The van der Waals surface area contributed by atoms with E-state index in [0.717, 1.165) is 28.9 Å². The van der Waals surface area contributed by atoms with Crippen molar-refractivity contribution >= 4 is 28.6 Å². The van der Waals surface area contributed by atoms with E-state index in [1.165, 1.54) is 25.7 Å². The number of anilines is 1. The number of fused-ring (bicyclic) bond motifs is 1. The highest BCUT2D eigenvalue weighted by atomic mass is 35.5. The molecule has 1 aliphatic carbocycles. The topological polar surface area (TPSA) is 96.5 Å². The maximum absolute atomic E-state index is 12.8. The van der Waals surface area contributed by atoms with E-state index in [2.05, 4.69) is 30.2 Å². The van der Waals surface area contributed by atoms with Crippen molar-refractivity contribution < 1.29 is 0 Å². The summed E-state index contributed by atoms with van der Waals surface area (Å²) in [5, 5.41) is 4.51. The molecule has 0 amide bonds. The monoisotopic (exact) mass is 446 g/mol. The molecule has 0 atom stereocenters. The number of pyridine rings is 1. The summed E-state index contributed by atoms with van der Waals surface area (Å²) in [4.78, 5) is 33.3. The quantitative estimate of drug-likeness (QED) is 0.447. The highest BCUT2D eigenvalue weighted by molar-refractivity contribution is 6.33. The number of aromatic nitrogens is 5. The minimum absolute atomic E-state index is 0.247. The molecule has 0 aliphatic heterocycles. The Labute approximate surface area is 190 Å². The van der Waals surface area contributed by atoms with Crippen LogP contribution in [0.25, 0.3) is 33.4 Å². The fourth-order valence-corrected chi connectivity index (χ4v) is 4.51. The van der Waals surface area contributed by atoms with Crippen molar-refractivity contribution in [1.29, 1.82) is 0 Å². The Kier molecular flexibility index (Phi) is 5.57. The van der Waals surface area contributed by atoms with Crippen molar-refractivity contribution in [3.63, 3.8) is 0 Å². The normalized spacial score (nSPS) is 14.2. The van der Waals surface area contributed by atoms with Crippen LogP contribution in [0.4, 0.5) is 5.95 Å². The van der Waals surface area contributed by atoms with Gasteiger partial charge in [0, 0.05) is 46.0 Å². The molecule has 1 saturated carbocycles. The van der Waals surface area contributed by atoms with E-state index in [1.807, 2.05) is 19.1 Å². The van der Waals surface area contributed by atoms with Crippen LogP contribution in [-0.2, 0) is 0 Å². The van der Waals surface area contributed by atoms with E-state index >= 15 is 0 Å². The molecule has 1 aliphatic rings. The van der Waals surface area contributed by atoms with E-state index in [1.54, 1.807) is 30.7 Å². The summed E-state index contributed by atoms with van der Waals surface area (Å²) in [5.74, 6) is 1.21. The lowest BCUT2D eigenvalue weighted by Crippen LogP contribution is -2.14. The molecule has 8 heteroatoms. The van der Waals surface area contributed by atoms with Gasteiger partial charge in [0.1, 0.15) is 5.65 Å². The molecule has 3 heterocycles. The first kappa shape index (κ1) is 20.6. The third-order valence-corrected chi connectivity index (χ3v) is 6.24. The molecule has 3 aromatic heterocycles. The van der Waals surface area contributed by atoms with Crippen molar-refractivity contribution in [3.8, 4) is 22.4 Å². The number of rotatable bonds is 5. The van der Waals surface area contributed by atoms with Gasteiger partial charge in [-0.2, -0.15) is 4.98 Å². The van der Waals surface area contributed by atoms with Crippen LogP contribution in [0.15, 0.2) is 47.7 Å². The number of aryl methyl sites for hydroxylation is 1. The predicted octanol–water partition coefficient (Wildman–Crippen LogP) is 5.01. The first-order valence-electron chi connectivity index (χ1n) is 10.8. The second-order valence-electron chi connectivity index (χ2n) is 8.28. The number of hydrogen-bond donors (Lipinski definition) is 2. The Morgan fingerprint density at radius 3 is 2.72 bits per heavy atom. The van der Waals surface area contributed by atoms with Gasteiger partial charge in [-0.3, -0.25) is 9.78 Å². The number of benzene rings is 1. The van der Waals surface area contributed by atoms with Gasteiger partial charge in [0.25, 0.3) is 5.56 Å². The van der Waals surface area contributed by atoms with Crippen LogP contribution in [0.3, 0.4) is 0 Å². The van der Waals surface area contributed by atoms with Crippen molar-refractivity contribution in [1.82, 2.24) is 24.9 Å². The molecule has 32 heavy (non-hydrogen) atoms. The summed E-state index contributed by atoms with van der Waals surface area (Å²) in [7, 11) is 0. The number of nitrogens with one attached hydrogen (secondary N) is 2. The maximum Gasteiger partial charge on any atom is 0.257 e. The molecule has 162 valence electrons. The van der Waals surface area contributed by atoms with E-state index in [4.69, 9.17) is 11.6 Å². The number of hydrogen-bond acceptors (Lipinski definition) is 6. The number of H-pyrrole nitrogens is 1. The summed E-state index contributed by atoms with van der Waals surface area (Å²) in [6.07, 6.45) is 10.2.